The van der Waals surface area contributed by atoms with E-state index in [0.29, 0.717) is 28.1 Å². The molecule has 182 valence electrons. The molecule has 0 amide bonds. The second-order valence-corrected chi connectivity index (χ2v) is 9.56. The van der Waals surface area contributed by atoms with E-state index in [1.165, 1.54) is 19.9 Å². The second-order valence-electron chi connectivity index (χ2n) is 9.56. The molecule has 4 rings (SSSR count). The van der Waals surface area contributed by atoms with Crippen molar-refractivity contribution in [2.24, 2.45) is 0 Å². The first kappa shape index (κ1) is 24.3. The lowest BCUT2D eigenvalue weighted by molar-refractivity contribution is -0.161. The van der Waals surface area contributed by atoms with Crippen LogP contribution in [0.2, 0.25) is 0 Å². The number of aromatic nitrogens is 4. The molecule has 10 heteroatoms. The van der Waals surface area contributed by atoms with Gasteiger partial charge in [0.15, 0.2) is 22.9 Å². The largest absolute Gasteiger partial charge is 0.479 e. The molecule has 1 aromatic carbocycles. The first-order valence-electron chi connectivity index (χ1n) is 11.0. The molecule has 0 aliphatic rings. The van der Waals surface area contributed by atoms with Crippen molar-refractivity contribution in [3.05, 3.63) is 53.4 Å². The first-order valence-corrected chi connectivity index (χ1v) is 11.0. The van der Waals surface area contributed by atoms with Crippen molar-refractivity contribution < 1.29 is 23.4 Å². The summed E-state index contributed by atoms with van der Waals surface area (Å²) in [6, 6.07) is 7.68. The third-order valence-electron chi connectivity index (χ3n) is 6.10. The van der Waals surface area contributed by atoms with Crippen LogP contribution in [0.25, 0.3) is 27.8 Å². The molecule has 35 heavy (non-hydrogen) atoms. The Morgan fingerprint density at radius 1 is 1.23 bits per heavy atom. The number of nitriles is 1. The van der Waals surface area contributed by atoms with Crippen LogP contribution in [0.4, 0.5) is 8.78 Å². The van der Waals surface area contributed by atoms with Crippen LogP contribution >= 0.6 is 0 Å². The summed E-state index contributed by atoms with van der Waals surface area (Å²) < 4.78 is 35.5. The average molecular weight is 482 g/mol. The minimum Gasteiger partial charge on any atom is -0.479 e. The Bertz CT molecular complexity index is 1480. The predicted molar refractivity (Wildman–Crippen MR) is 125 cm³/mol. The predicted octanol–water partition coefficient (Wildman–Crippen LogP) is 4.79. The Morgan fingerprint density at radius 3 is 2.63 bits per heavy atom. The van der Waals surface area contributed by atoms with E-state index in [-0.39, 0.29) is 19.4 Å². The number of hydrogen-bond donors (Lipinski definition) is 2. The molecule has 0 aliphatic carbocycles. The molecule has 0 radical (unpaired) electrons. The molecule has 0 saturated carbocycles. The van der Waals surface area contributed by atoms with E-state index in [1.54, 1.807) is 10.8 Å². The molecule has 0 bridgehead atoms. The van der Waals surface area contributed by atoms with Crippen molar-refractivity contribution in [3.8, 4) is 11.8 Å². The van der Waals surface area contributed by atoms with Crippen LogP contribution in [-0.2, 0) is 21.4 Å². The highest BCUT2D eigenvalue weighted by Gasteiger charge is 2.33. The van der Waals surface area contributed by atoms with Gasteiger partial charge in [-0.1, -0.05) is 13.8 Å². The molecule has 3 heterocycles. The number of aliphatic carboxylic acids is 1. The summed E-state index contributed by atoms with van der Waals surface area (Å²) in [6.07, 6.45) is 2.03. The summed E-state index contributed by atoms with van der Waals surface area (Å²) in [5, 5.41) is 26.6. The maximum atomic E-state index is 14.3. The maximum absolute atomic E-state index is 14.3. The topological polar surface area (TPSA) is 117 Å². The number of fused-ring (bicyclic) bond motifs is 2. The van der Waals surface area contributed by atoms with Crippen molar-refractivity contribution in [3.63, 3.8) is 0 Å². The Morgan fingerprint density at radius 2 is 1.97 bits per heavy atom. The molecule has 0 saturated heterocycles. The van der Waals surface area contributed by atoms with Crippen molar-refractivity contribution in [1.29, 1.82) is 5.26 Å². The minimum atomic E-state index is -1.40. The SMILES string of the molecule is CC(C)(OCCc1c(C(C)(C)CC#N)n(-c2ccc(F)c(F)c2)c2cc3cn[nH]c3nc12)C(=O)O. The van der Waals surface area contributed by atoms with E-state index in [2.05, 4.69) is 16.3 Å². The van der Waals surface area contributed by atoms with Gasteiger partial charge in [0, 0.05) is 40.2 Å². The van der Waals surface area contributed by atoms with Crippen molar-refractivity contribution >= 4 is 28.0 Å². The Hall–Kier alpha value is -3.84. The maximum Gasteiger partial charge on any atom is 0.335 e. The zero-order valence-corrected chi connectivity index (χ0v) is 19.8. The number of H-pyrrole nitrogens is 1. The Labute approximate surface area is 200 Å². The molecule has 0 unspecified atom stereocenters. The van der Waals surface area contributed by atoms with E-state index in [0.717, 1.165) is 23.1 Å². The van der Waals surface area contributed by atoms with Gasteiger partial charge < -0.3 is 14.4 Å². The van der Waals surface area contributed by atoms with Crippen LogP contribution in [0.1, 0.15) is 45.4 Å². The van der Waals surface area contributed by atoms with Crippen molar-refractivity contribution in [1.82, 2.24) is 19.7 Å². The van der Waals surface area contributed by atoms with Gasteiger partial charge in [-0.25, -0.2) is 18.6 Å². The van der Waals surface area contributed by atoms with Crippen LogP contribution in [0.5, 0.6) is 0 Å². The van der Waals surface area contributed by atoms with Crippen molar-refractivity contribution in [2.75, 3.05) is 6.61 Å². The van der Waals surface area contributed by atoms with Gasteiger partial charge in [0.1, 0.15) is 0 Å². The number of carboxylic acids is 1. The van der Waals surface area contributed by atoms with Gasteiger partial charge in [0.25, 0.3) is 0 Å². The summed E-state index contributed by atoms with van der Waals surface area (Å²) >= 11 is 0. The monoisotopic (exact) mass is 481 g/mol. The number of rotatable bonds is 8. The van der Waals surface area contributed by atoms with Crippen molar-refractivity contribution in [2.45, 2.75) is 51.6 Å². The zero-order valence-electron chi connectivity index (χ0n) is 19.8. The lowest BCUT2D eigenvalue weighted by Gasteiger charge is -2.27. The molecule has 0 fully saturated rings. The third-order valence-corrected chi connectivity index (χ3v) is 6.10. The van der Waals surface area contributed by atoms with E-state index >= 15 is 0 Å². The second kappa shape index (κ2) is 8.74. The average Bonchev–Trinajstić information content (AvgIpc) is 3.36. The molecule has 2 N–H and O–H groups in total. The molecular weight excluding hydrogens is 456 g/mol. The number of pyridine rings is 1. The highest BCUT2D eigenvalue weighted by molar-refractivity contribution is 5.93. The van der Waals surface area contributed by atoms with Crippen LogP contribution in [0.15, 0.2) is 30.5 Å². The fourth-order valence-electron chi connectivity index (χ4n) is 4.22. The van der Waals surface area contributed by atoms with E-state index in [1.807, 2.05) is 19.9 Å². The number of nitrogens with one attached hydrogen (secondary N) is 1. The summed E-state index contributed by atoms with van der Waals surface area (Å²) in [5.41, 5.74) is 1.40. The molecular formula is C25H25F2N5O3. The van der Waals surface area contributed by atoms with Crippen LogP contribution < -0.4 is 0 Å². The van der Waals surface area contributed by atoms with Gasteiger partial charge in [-0.15, -0.1) is 0 Å². The summed E-state index contributed by atoms with van der Waals surface area (Å²) in [7, 11) is 0. The Kier molecular flexibility index (Phi) is 6.07. The lowest BCUT2D eigenvalue weighted by Crippen LogP contribution is -2.35. The number of benzene rings is 1. The van der Waals surface area contributed by atoms with Gasteiger partial charge in [0.05, 0.1) is 29.9 Å². The number of aromatic amines is 1. The van der Waals surface area contributed by atoms with Crippen LogP contribution in [0, 0.1) is 23.0 Å². The minimum absolute atomic E-state index is 0.0640. The molecule has 8 nitrogen and oxygen atoms in total. The number of ether oxygens (including phenoxy) is 1. The summed E-state index contributed by atoms with van der Waals surface area (Å²) in [5.74, 6) is -3.06. The highest BCUT2D eigenvalue weighted by atomic mass is 19.2. The molecule has 4 aromatic rings. The van der Waals surface area contributed by atoms with Gasteiger partial charge in [-0.2, -0.15) is 10.4 Å². The van der Waals surface area contributed by atoms with Gasteiger partial charge in [-0.3, -0.25) is 5.10 Å². The third kappa shape index (κ3) is 4.35. The van der Waals surface area contributed by atoms with Gasteiger partial charge in [0.2, 0.25) is 0 Å². The smallest absolute Gasteiger partial charge is 0.335 e. The van der Waals surface area contributed by atoms with Crippen LogP contribution in [0.3, 0.4) is 0 Å². The zero-order chi connectivity index (χ0) is 25.5. The molecule has 0 atom stereocenters. The van der Waals surface area contributed by atoms with E-state index in [9.17, 15) is 23.9 Å². The number of hydrogen-bond acceptors (Lipinski definition) is 5. The summed E-state index contributed by atoms with van der Waals surface area (Å²) in [6.45, 7) is 6.77. The number of nitrogens with zero attached hydrogens (tertiary/aromatic N) is 4. The molecule has 3 aromatic heterocycles. The fraction of sp³-hybridized carbons (Fsp3) is 0.360. The quantitative estimate of drug-likeness (QED) is 0.374. The van der Waals surface area contributed by atoms with Gasteiger partial charge in [-0.05, 0) is 38.5 Å². The molecule has 0 spiro atoms. The number of carbonyl (C=O) groups is 1. The number of carboxylic acid groups (broad SMARTS) is 1. The van der Waals surface area contributed by atoms with Crippen LogP contribution in [-0.4, -0.2) is 43.0 Å². The van der Waals surface area contributed by atoms with E-state index < -0.39 is 28.6 Å². The standard InChI is InChI=1S/C25H25F2N5O3/c1-24(2,8-9-28)21-16(7-10-35-25(3,4)23(33)34)20-19(11-14-13-29-31-22(14)30-20)32(21)15-5-6-17(26)18(27)12-15/h5-6,11-13H,7-8,10H2,1-4H3,(H,33,34)(H,29,30,31). The first-order chi connectivity index (χ1) is 16.5. The summed E-state index contributed by atoms with van der Waals surface area (Å²) in [4.78, 5) is 16.2. The lowest BCUT2D eigenvalue weighted by atomic mass is 9.83. The van der Waals surface area contributed by atoms with Gasteiger partial charge >= 0.3 is 5.97 Å². The fourth-order valence-corrected chi connectivity index (χ4v) is 4.22. The molecule has 0 aliphatic heterocycles. The number of halogens is 2. The highest BCUT2D eigenvalue weighted by Crippen LogP contribution is 2.39. The normalized spacial score (nSPS) is 12.4. The van der Waals surface area contributed by atoms with E-state index in [4.69, 9.17) is 9.72 Å². The Balaban J connectivity index is 2.00.